The van der Waals surface area contributed by atoms with Crippen molar-refractivity contribution in [1.29, 1.82) is 0 Å². The van der Waals surface area contributed by atoms with Crippen molar-refractivity contribution in [2.45, 2.75) is 62.3 Å². The molecule has 0 aromatic heterocycles. The van der Waals surface area contributed by atoms with E-state index in [4.69, 9.17) is 21.1 Å². The molecule has 1 heterocycles. The fourth-order valence-electron chi connectivity index (χ4n) is 5.14. The van der Waals surface area contributed by atoms with Gasteiger partial charge >= 0.3 is 0 Å². The Hall–Kier alpha value is -1.67. The van der Waals surface area contributed by atoms with Gasteiger partial charge in [0, 0.05) is 5.02 Å². The van der Waals surface area contributed by atoms with Gasteiger partial charge in [-0.25, -0.2) is 0 Å². The fourth-order valence-corrected chi connectivity index (χ4v) is 5.32. The lowest BCUT2D eigenvalue weighted by Gasteiger charge is -2.40. The quantitative estimate of drug-likeness (QED) is 0.529. The molecule has 6 nitrogen and oxygen atoms in total. The first-order chi connectivity index (χ1) is 15.4. The molecule has 5 rings (SSSR count). The SMILES string of the molecule is OC[C@H]1O[C@H](c2ccc(Cl)c(Cc3ccc(OC4CC5C[C@@H]5C4)cc3)c2)[C@H](O)[C@@H](O)[C@@H]1O. The normalized spacial score (nSPS) is 36.0. The van der Waals surface area contributed by atoms with Crippen molar-refractivity contribution >= 4 is 11.6 Å². The first kappa shape index (κ1) is 22.1. The monoisotopic (exact) mass is 460 g/mol. The van der Waals surface area contributed by atoms with Crippen molar-refractivity contribution in [3.8, 4) is 5.75 Å². The van der Waals surface area contributed by atoms with Crippen LogP contribution in [0.2, 0.25) is 5.02 Å². The van der Waals surface area contributed by atoms with Crippen LogP contribution >= 0.6 is 11.6 Å². The standard InChI is InChI=1S/C25H29ClO6/c26-20-6-3-14(25-24(30)23(29)22(28)21(12-27)32-25)8-17(20)7-13-1-4-18(5-2-13)31-19-10-15-9-16(15)11-19/h1-6,8,15-16,19,21-25,27-30H,7,9-12H2/t15-,16?,19?,21-,22-,23+,24-,25-/m1/s1. The summed E-state index contributed by atoms with van der Waals surface area (Å²) >= 11 is 6.43. The average molecular weight is 461 g/mol. The Labute approximate surface area is 192 Å². The highest BCUT2D eigenvalue weighted by atomic mass is 35.5. The van der Waals surface area contributed by atoms with Gasteiger partial charge in [-0.15, -0.1) is 0 Å². The van der Waals surface area contributed by atoms with Gasteiger partial charge in [-0.3, -0.25) is 0 Å². The number of hydrogen-bond acceptors (Lipinski definition) is 6. The van der Waals surface area contributed by atoms with Crippen molar-refractivity contribution in [3.63, 3.8) is 0 Å². The van der Waals surface area contributed by atoms with Crippen LogP contribution in [0.4, 0.5) is 0 Å². The van der Waals surface area contributed by atoms with Gasteiger partial charge < -0.3 is 29.9 Å². The third kappa shape index (κ3) is 4.40. The Balaban J connectivity index is 1.28. The summed E-state index contributed by atoms with van der Waals surface area (Å²) in [7, 11) is 0. The minimum Gasteiger partial charge on any atom is -0.490 e. The van der Waals surface area contributed by atoms with Crippen LogP contribution in [0, 0.1) is 11.8 Å². The Morgan fingerprint density at radius 1 is 0.906 bits per heavy atom. The van der Waals surface area contributed by atoms with Gasteiger partial charge in [0.1, 0.15) is 36.3 Å². The van der Waals surface area contributed by atoms with Crippen LogP contribution < -0.4 is 4.74 Å². The Morgan fingerprint density at radius 2 is 1.62 bits per heavy atom. The molecule has 0 bridgehead atoms. The molecule has 2 aromatic carbocycles. The highest BCUT2D eigenvalue weighted by molar-refractivity contribution is 6.31. The molecule has 8 atom stereocenters. The van der Waals surface area contributed by atoms with Crippen molar-refractivity contribution in [2.24, 2.45) is 11.8 Å². The van der Waals surface area contributed by atoms with E-state index in [-0.39, 0.29) is 0 Å². The maximum absolute atomic E-state index is 10.4. The van der Waals surface area contributed by atoms with Gasteiger partial charge in [0.05, 0.1) is 12.7 Å². The Bertz CT molecular complexity index is 938. The fraction of sp³-hybridized carbons (Fsp3) is 0.520. The van der Waals surface area contributed by atoms with Gasteiger partial charge in [-0.1, -0.05) is 35.9 Å². The number of halogens is 1. The summed E-state index contributed by atoms with van der Waals surface area (Å²) in [5.41, 5.74) is 2.55. The molecule has 4 N–H and O–H groups in total. The number of benzene rings is 2. The first-order valence-corrected chi connectivity index (χ1v) is 11.6. The number of hydrogen-bond donors (Lipinski definition) is 4. The molecule has 1 saturated heterocycles. The van der Waals surface area contributed by atoms with E-state index in [0.29, 0.717) is 23.1 Å². The number of rotatable bonds is 6. The predicted molar refractivity (Wildman–Crippen MR) is 119 cm³/mol. The molecule has 2 aromatic rings. The third-order valence-electron chi connectivity index (χ3n) is 7.11. The zero-order valence-corrected chi connectivity index (χ0v) is 18.4. The second-order valence-corrected chi connectivity index (χ2v) is 9.80. The summed E-state index contributed by atoms with van der Waals surface area (Å²) < 4.78 is 11.8. The van der Waals surface area contributed by atoms with E-state index in [1.54, 1.807) is 12.1 Å². The van der Waals surface area contributed by atoms with Crippen LogP contribution in [0.25, 0.3) is 0 Å². The molecule has 7 heteroatoms. The van der Waals surface area contributed by atoms with E-state index in [2.05, 4.69) is 0 Å². The Kier molecular flexibility index (Phi) is 6.18. The molecule has 0 amide bonds. The van der Waals surface area contributed by atoms with E-state index in [9.17, 15) is 20.4 Å². The molecule has 2 saturated carbocycles. The van der Waals surface area contributed by atoms with Crippen molar-refractivity contribution < 1.29 is 29.9 Å². The zero-order chi connectivity index (χ0) is 22.4. The predicted octanol–water partition coefficient (Wildman–Crippen LogP) is 2.62. The topological polar surface area (TPSA) is 99.4 Å². The highest BCUT2D eigenvalue weighted by Gasteiger charge is 2.47. The summed E-state index contributed by atoms with van der Waals surface area (Å²) in [5.74, 6) is 2.66. The smallest absolute Gasteiger partial charge is 0.119 e. The lowest BCUT2D eigenvalue weighted by atomic mass is 9.90. The maximum Gasteiger partial charge on any atom is 0.119 e. The Morgan fingerprint density at radius 3 is 2.31 bits per heavy atom. The molecular weight excluding hydrogens is 432 g/mol. The van der Waals surface area contributed by atoms with E-state index in [1.165, 1.54) is 19.3 Å². The lowest BCUT2D eigenvalue weighted by molar-refractivity contribution is -0.231. The van der Waals surface area contributed by atoms with Gasteiger partial charge in [0.15, 0.2) is 0 Å². The van der Waals surface area contributed by atoms with Gasteiger partial charge in [-0.2, -0.15) is 0 Å². The summed E-state index contributed by atoms with van der Waals surface area (Å²) in [6, 6.07) is 13.3. The van der Waals surface area contributed by atoms with Gasteiger partial charge in [0.2, 0.25) is 0 Å². The first-order valence-electron chi connectivity index (χ1n) is 11.3. The number of aliphatic hydroxyl groups is 4. The van der Waals surface area contributed by atoms with E-state index < -0.39 is 37.1 Å². The molecule has 2 unspecified atom stereocenters. The molecular formula is C25H29ClO6. The number of fused-ring (bicyclic) bond motifs is 1. The van der Waals surface area contributed by atoms with Crippen LogP contribution in [-0.2, 0) is 11.2 Å². The number of ether oxygens (including phenoxy) is 2. The van der Waals surface area contributed by atoms with Crippen molar-refractivity contribution in [1.82, 2.24) is 0 Å². The average Bonchev–Trinajstić information content (AvgIpc) is 3.41. The zero-order valence-electron chi connectivity index (χ0n) is 17.7. The van der Waals surface area contributed by atoms with E-state index in [1.807, 2.05) is 30.3 Å². The molecule has 3 aliphatic rings. The highest BCUT2D eigenvalue weighted by Crippen LogP contribution is 2.52. The molecule has 0 spiro atoms. The molecule has 172 valence electrons. The minimum absolute atomic E-state index is 0.342. The second-order valence-electron chi connectivity index (χ2n) is 9.39. The van der Waals surface area contributed by atoms with Crippen LogP contribution in [-0.4, -0.2) is 57.6 Å². The van der Waals surface area contributed by atoms with E-state index >= 15 is 0 Å². The molecule has 2 aliphatic carbocycles. The lowest BCUT2D eigenvalue weighted by Crippen LogP contribution is -2.55. The third-order valence-corrected chi connectivity index (χ3v) is 7.48. The summed E-state index contributed by atoms with van der Waals surface area (Å²) in [6.45, 7) is -0.460. The minimum atomic E-state index is -1.41. The summed E-state index contributed by atoms with van der Waals surface area (Å²) in [6.07, 6.45) is -1.30. The number of aliphatic hydroxyl groups excluding tert-OH is 4. The maximum atomic E-state index is 10.4. The molecule has 0 radical (unpaired) electrons. The summed E-state index contributed by atoms with van der Waals surface area (Å²) in [4.78, 5) is 0. The van der Waals surface area contributed by atoms with Crippen LogP contribution in [0.5, 0.6) is 5.75 Å². The van der Waals surface area contributed by atoms with Crippen molar-refractivity contribution in [2.75, 3.05) is 6.61 Å². The van der Waals surface area contributed by atoms with Crippen molar-refractivity contribution in [3.05, 3.63) is 64.2 Å². The van der Waals surface area contributed by atoms with Gasteiger partial charge in [-0.05, 0) is 72.4 Å². The molecule has 32 heavy (non-hydrogen) atoms. The molecule has 1 aliphatic heterocycles. The molecule has 3 fully saturated rings. The van der Waals surface area contributed by atoms with E-state index in [0.717, 1.165) is 28.7 Å². The second kappa shape index (κ2) is 8.93. The summed E-state index contributed by atoms with van der Waals surface area (Å²) in [5, 5.41) is 40.6. The van der Waals surface area contributed by atoms with Crippen LogP contribution in [0.15, 0.2) is 42.5 Å². The largest absolute Gasteiger partial charge is 0.490 e. The van der Waals surface area contributed by atoms with Gasteiger partial charge in [0.25, 0.3) is 0 Å². The van der Waals surface area contributed by atoms with Crippen LogP contribution in [0.1, 0.15) is 42.1 Å². The van der Waals surface area contributed by atoms with Crippen LogP contribution in [0.3, 0.4) is 0 Å².